The fourth-order valence-electron chi connectivity index (χ4n) is 1.79. The summed E-state index contributed by atoms with van der Waals surface area (Å²) in [5, 5.41) is 0. The summed E-state index contributed by atoms with van der Waals surface area (Å²) in [5.41, 5.74) is 3.14. The lowest BCUT2D eigenvalue weighted by Gasteiger charge is -2.08. The Labute approximate surface area is 113 Å². The zero-order valence-corrected chi connectivity index (χ0v) is 10.9. The summed E-state index contributed by atoms with van der Waals surface area (Å²) < 4.78 is 5.12. The normalized spacial score (nSPS) is 11.1. The van der Waals surface area contributed by atoms with E-state index in [1.54, 1.807) is 0 Å². The standard InChI is InChI=1S/C17H16O2/c1-14(18)19-13-17(16-10-6-3-7-11-16)12-15-8-4-2-5-9-15/h2-12H,13H2,1H3/b17-12-. The summed E-state index contributed by atoms with van der Waals surface area (Å²) >= 11 is 0. The van der Waals surface area contributed by atoms with Crippen LogP contribution in [-0.2, 0) is 9.53 Å². The van der Waals surface area contributed by atoms with Crippen molar-refractivity contribution in [2.75, 3.05) is 6.61 Å². The average Bonchev–Trinajstić information content (AvgIpc) is 2.45. The van der Waals surface area contributed by atoms with E-state index in [0.29, 0.717) is 0 Å². The highest BCUT2D eigenvalue weighted by Gasteiger charge is 2.03. The largest absolute Gasteiger partial charge is 0.461 e. The van der Waals surface area contributed by atoms with Crippen molar-refractivity contribution in [2.24, 2.45) is 0 Å². The number of ether oxygens (including phenoxy) is 1. The lowest BCUT2D eigenvalue weighted by atomic mass is 10.0. The second-order valence-electron chi connectivity index (χ2n) is 4.23. The lowest BCUT2D eigenvalue weighted by Crippen LogP contribution is -2.02. The van der Waals surface area contributed by atoms with Crippen molar-refractivity contribution in [3.8, 4) is 0 Å². The fourth-order valence-corrected chi connectivity index (χ4v) is 1.79. The van der Waals surface area contributed by atoms with Crippen molar-refractivity contribution in [3.05, 3.63) is 71.8 Å². The summed E-state index contributed by atoms with van der Waals surface area (Å²) in [5.74, 6) is -0.269. The quantitative estimate of drug-likeness (QED) is 0.611. The highest BCUT2D eigenvalue weighted by Crippen LogP contribution is 2.18. The van der Waals surface area contributed by atoms with Gasteiger partial charge in [-0.3, -0.25) is 4.79 Å². The van der Waals surface area contributed by atoms with Gasteiger partial charge in [-0.05, 0) is 22.8 Å². The van der Waals surface area contributed by atoms with Crippen LogP contribution in [0, 0.1) is 0 Å². The van der Waals surface area contributed by atoms with Crippen molar-refractivity contribution in [1.82, 2.24) is 0 Å². The van der Waals surface area contributed by atoms with Gasteiger partial charge < -0.3 is 4.74 Å². The maximum atomic E-state index is 11.0. The van der Waals surface area contributed by atoms with E-state index in [-0.39, 0.29) is 12.6 Å². The zero-order chi connectivity index (χ0) is 13.5. The molecule has 0 N–H and O–H groups in total. The first-order chi connectivity index (χ1) is 9.25. The molecule has 2 nitrogen and oxygen atoms in total. The van der Waals surface area contributed by atoms with Crippen molar-refractivity contribution in [2.45, 2.75) is 6.92 Å². The van der Waals surface area contributed by atoms with Gasteiger partial charge in [-0.15, -0.1) is 0 Å². The molecule has 2 rings (SSSR count). The number of benzene rings is 2. The van der Waals surface area contributed by atoms with E-state index in [1.807, 2.05) is 66.7 Å². The Balaban J connectivity index is 2.29. The molecule has 0 aliphatic heterocycles. The Hall–Kier alpha value is -2.35. The molecule has 0 aliphatic carbocycles. The molecule has 0 spiro atoms. The fraction of sp³-hybridized carbons (Fsp3) is 0.118. The van der Waals surface area contributed by atoms with Gasteiger partial charge in [-0.1, -0.05) is 60.7 Å². The van der Waals surface area contributed by atoms with Gasteiger partial charge >= 0.3 is 5.97 Å². The molecule has 0 amide bonds. The number of carbonyl (C=O) groups is 1. The molecule has 19 heavy (non-hydrogen) atoms. The van der Waals surface area contributed by atoms with Crippen molar-refractivity contribution in [3.63, 3.8) is 0 Å². The minimum Gasteiger partial charge on any atom is -0.461 e. The third-order valence-corrected chi connectivity index (χ3v) is 2.72. The molecular weight excluding hydrogens is 236 g/mol. The molecule has 0 radical (unpaired) electrons. The van der Waals surface area contributed by atoms with Crippen LogP contribution in [-0.4, -0.2) is 12.6 Å². The number of esters is 1. The highest BCUT2D eigenvalue weighted by molar-refractivity contribution is 5.83. The van der Waals surface area contributed by atoms with Crippen LogP contribution in [0.5, 0.6) is 0 Å². The van der Waals surface area contributed by atoms with Crippen molar-refractivity contribution in [1.29, 1.82) is 0 Å². The smallest absolute Gasteiger partial charge is 0.302 e. The zero-order valence-electron chi connectivity index (χ0n) is 10.9. The van der Waals surface area contributed by atoms with Crippen LogP contribution in [0.4, 0.5) is 0 Å². The SMILES string of the molecule is CC(=O)OC/C(=C/c1ccccc1)c1ccccc1. The Morgan fingerprint density at radius 1 is 1.00 bits per heavy atom. The van der Waals surface area contributed by atoms with Crippen LogP contribution in [0.1, 0.15) is 18.1 Å². The Kier molecular flexibility index (Phi) is 4.51. The minimum atomic E-state index is -0.269. The molecule has 0 fully saturated rings. The van der Waals surface area contributed by atoms with Gasteiger partial charge in [0.25, 0.3) is 0 Å². The topological polar surface area (TPSA) is 26.3 Å². The Morgan fingerprint density at radius 2 is 1.58 bits per heavy atom. The number of hydrogen-bond acceptors (Lipinski definition) is 2. The van der Waals surface area contributed by atoms with Crippen LogP contribution in [0.2, 0.25) is 0 Å². The second-order valence-corrected chi connectivity index (χ2v) is 4.23. The maximum absolute atomic E-state index is 11.0. The van der Waals surface area contributed by atoms with Crippen LogP contribution in [0.15, 0.2) is 60.7 Å². The van der Waals surface area contributed by atoms with Crippen molar-refractivity contribution < 1.29 is 9.53 Å². The molecule has 96 valence electrons. The molecule has 0 heterocycles. The molecule has 0 saturated carbocycles. The van der Waals surface area contributed by atoms with Gasteiger partial charge in [-0.25, -0.2) is 0 Å². The summed E-state index contributed by atoms with van der Waals surface area (Å²) in [6.07, 6.45) is 2.04. The average molecular weight is 252 g/mol. The van der Waals surface area contributed by atoms with E-state index in [2.05, 4.69) is 0 Å². The monoisotopic (exact) mass is 252 g/mol. The maximum Gasteiger partial charge on any atom is 0.302 e. The Morgan fingerprint density at radius 3 is 2.16 bits per heavy atom. The molecule has 2 aromatic rings. The minimum absolute atomic E-state index is 0.269. The highest BCUT2D eigenvalue weighted by atomic mass is 16.5. The van der Waals surface area contributed by atoms with Gasteiger partial charge in [0, 0.05) is 6.92 Å². The van der Waals surface area contributed by atoms with Gasteiger partial charge in [0.1, 0.15) is 6.61 Å². The third-order valence-electron chi connectivity index (χ3n) is 2.72. The Bertz CT molecular complexity index is 556. The van der Waals surface area contributed by atoms with Crippen LogP contribution in [0.25, 0.3) is 11.6 Å². The van der Waals surface area contributed by atoms with Crippen molar-refractivity contribution >= 4 is 17.6 Å². The summed E-state index contributed by atoms with van der Waals surface area (Å²) in [6, 6.07) is 19.9. The summed E-state index contributed by atoms with van der Waals surface area (Å²) in [4.78, 5) is 11.0. The molecule has 2 heteroatoms. The molecule has 0 bridgehead atoms. The molecule has 0 aromatic heterocycles. The van der Waals surface area contributed by atoms with Crippen LogP contribution >= 0.6 is 0 Å². The van der Waals surface area contributed by atoms with E-state index >= 15 is 0 Å². The molecule has 2 aromatic carbocycles. The van der Waals surface area contributed by atoms with E-state index in [4.69, 9.17) is 4.74 Å². The molecular formula is C17H16O2. The summed E-state index contributed by atoms with van der Waals surface area (Å²) in [6.45, 7) is 1.71. The predicted molar refractivity (Wildman–Crippen MR) is 77.4 cm³/mol. The van der Waals surface area contributed by atoms with Gasteiger partial charge in [0.15, 0.2) is 0 Å². The van der Waals surface area contributed by atoms with Gasteiger partial charge in [0.2, 0.25) is 0 Å². The number of hydrogen-bond donors (Lipinski definition) is 0. The first-order valence-corrected chi connectivity index (χ1v) is 6.20. The molecule has 0 unspecified atom stereocenters. The van der Waals surface area contributed by atoms with Gasteiger partial charge in [0.05, 0.1) is 0 Å². The van der Waals surface area contributed by atoms with E-state index in [1.165, 1.54) is 6.92 Å². The van der Waals surface area contributed by atoms with E-state index in [9.17, 15) is 4.79 Å². The van der Waals surface area contributed by atoms with Crippen LogP contribution in [0.3, 0.4) is 0 Å². The number of carbonyl (C=O) groups excluding carboxylic acids is 1. The number of rotatable bonds is 4. The first kappa shape index (κ1) is 13.1. The third kappa shape index (κ3) is 4.11. The summed E-state index contributed by atoms with van der Waals surface area (Å²) in [7, 11) is 0. The lowest BCUT2D eigenvalue weighted by molar-refractivity contribution is -0.139. The van der Waals surface area contributed by atoms with E-state index < -0.39 is 0 Å². The van der Waals surface area contributed by atoms with E-state index in [0.717, 1.165) is 16.7 Å². The first-order valence-electron chi connectivity index (χ1n) is 6.20. The molecule has 0 aliphatic rings. The molecule has 0 atom stereocenters. The van der Waals surface area contributed by atoms with Gasteiger partial charge in [-0.2, -0.15) is 0 Å². The predicted octanol–water partition coefficient (Wildman–Crippen LogP) is 3.79. The molecule has 0 saturated heterocycles. The second kappa shape index (κ2) is 6.55. The van der Waals surface area contributed by atoms with Crippen LogP contribution < -0.4 is 0 Å².